The smallest absolute Gasteiger partial charge is 0.484 e. The summed E-state index contributed by atoms with van der Waals surface area (Å²) in [5, 5.41) is 16.5. The molecule has 3 aliphatic carbocycles. The number of benzene rings is 2. The van der Waals surface area contributed by atoms with Crippen LogP contribution in [-0.2, 0) is 9.59 Å². The number of ether oxygens (including phenoxy) is 3. The Hall–Kier alpha value is -3.61. The number of hydrogen-bond acceptors (Lipinski definition) is 6. The van der Waals surface area contributed by atoms with Gasteiger partial charge in [-0.1, -0.05) is 0 Å². The molecule has 0 unspecified atom stereocenters. The summed E-state index contributed by atoms with van der Waals surface area (Å²) in [6.07, 6.45) is -4.11. The van der Waals surface area contributed by atoms with Gasteiger partial charge >= 0.3 is 6.36 Å². The van der Waals surface area contributed by atoms with Gasteiger partial charge in [-0.3, -0.25) is 9.59 Å². The van der Waals surface area contributed by atoms with Crippen LogP contribution in [0.2, 0.25) is 0 Å². The standard InChI is InChI=1S/C25H25F5N2O6/c26-15-1-3-16(4-2-15)36-14-22(35)32-24-9-7-23(8-10-24,12-20(24)33)31-21(34)13-37-17-5-6-19(18(27)11-17)38-25(28,29)30/h1-6,11,20,33H,7-10,12-14H2,(H,31,34)(H,32,35)/t20-,23?,24?/m0/s1. The number of carbonyl (C=O) groups is 2. The van der Waals surface area contributed by atoms with Crippen molar-refractivity contribution in [2.45, 2.75) is 55.6 Å². The lowest BCUT2D eigenvalue weighted by Crippen LogP contribution is -2.70. The third-order valence-electron chi connectivity index (χ3n) is 6.80. The number of nitrogens with one attached hydrogen (secondary N) is 2. The molecule has 3 N–H and O–H groups in total. The van der Waals surface area contributed by atoms with Crippen molar-refractivity contribution < 1.29 is 50.9 Å². The molecule has 3 fully saturated rings. The maximum Gasteiger partial charge on any atom is 0.573 e. The van der Waals surface area contributed by atoms with E-state index in [2.05, 4.69) is 15.4 Å². The molecule has 2 amide bonds. The van der Waals surface area contributed by atoms with E-state index in [-0.39, 0.29) is 18.8 Å². The molecule has 3 saturated carbocycles. The minimum absolute atomic E-state index is 0.165. The number of aliphatic hydroxyl groups excluding tert-OH is 1. The Kier molecular flexibility index (Phi) is 7.68. The van der Waals surface area contributed by atoms with Crippen LogP contribution in [0.15, 0.2) is 42.5 Å². The summed E-state index contributed by atoms with van der Waals surface area (Å²) < 4.78 is 77.7. The largest absolute Gasteiger partial charge is 0.573 e. The highest BCUT2D eigenvalue weighted by Crippen LogP contribution is 2.47. The first-order valence-corrected chi connectivity index (χ1v) is 11.7. The number of fused-ring (bicyclic) bond motifs is 3. The Morgan fingerprint density at radius 2 is 1.47 bits per heavy atom. The molecule has 2 bridgehead atoms. The lowest BCUT2D eigenvalue weighted by Gasteiger charge is -2.56. The van der Waals surface area contributed by atoms with E-state index in [4.69, 9.17) is 9.47 Å². The fourth-order valence-corrected chi connectivity index (χ4v) is 4.91. The van der Waals surface area contributed by atoms with Gasteiger partial charge in [0.2, 0.25) is 0 Å². The summed E-state index contributed by atoms with van der Waals surface area (Å²) in [5.41, 5.74) is -1.60. The summed E-state index contributed by atoms with van der Waals surface area (Å²) in [5.74, 6) is -3.60. The monoisotopic (exact) mass is 544 g/mol. The molecule has 0 saturated heterocycles. The van der Waals surface area contributed by atoms with E-state index in [9.17, 15) is 36.6 Å². The molecule has 2 aromatic rings. The Labute approximate surface area is 214 Å². The van der Waals surface area contributed by atoms with Crippen LogP contribution >= 0.6 is 0 Å². The third-order valence-corrected chi connectivity index (χ3v) is 6.80. The van der Waals surface area contributed by atoms with Gasteiger partial charge in [0.15, 0.2) is 24.8 Å². The summed E-state index contributed by atoms with van der Waals surface area (Å²) in [6, 6.07) is 7.66. The van der Waals surface area contributed by atoms with Crippen LogP contribution in [0.5, 0.6) is 17.2 Å². The number of aliphatic hydroxyl groups is 1. The predicted octanol–water partition coefficient (Wildman–Crippen LogP) is 3.37. The number of amides is 2. The normalized spacial score (nSPS) is 24.4. The summed E-state index contributed by atoms with van der Waals surface area (Å²) in [6.45, 7) is -0.845. The zero-order valence-corrected chi connectivity index (χ0v) is 19.9. The Bertz CT molecular complexity index is 1170. The molecule has 38 heavy (non-hydrogen) atoms. The Balaban J connectivity index is 1.26. The van der Waals surface area contributed by atoms with Crippen LogP contribution in [0.4, 0.5) is 22.0 Å². The molecule has 0 aromatic heterocycles. The van der Waals surface area contributed by atoms with Gasteiger partial charge in [0.05, 0.1) is 11.6 Å². The van der Waals surface area contributed by atoms with Crippen molar-refractivity contribution in [2.24, 2.45) is 0 Å². The third kappa shape index (κ3) is 6.63. The molecule has 0 spiro atoms. The van der Waals surface area contributed by atoms with Gasteiger partial charge in [-0.05, 0) is 68.5 Å². The molecular weight excluding hydrogens is 519 g/mol. The summed E-state index contributed by atoms with van der Waals surface area (Å²) >= 11 is 0. The van der Waals surface area contributed by atoms with E-state index >= 15 is 0 Å². The Morgan fingerprint density at radius 3 is 2.05 bits per heavy atom. The maximum absolute atomic E-state index is 13.8. The van der Waals surface area contributed by atoms with Gasteiger partial charge in [0, 0.05) is 11.6 Å². The van der Waals surface area contributed by atoms with E-state index in [1.54, 1.807) is 0 Å². The van der Waals surface area contributed by atoms with Crippen LogP contribution < -0.4 is 24.8 Å². The van der Waals surface area contributed by atoms with Gasteiger partial charge in [0.25, 0.3) is 11.8 Å². The quantitative estimate of drug-likeness (QED) is 0.418. The van der Waals surface area contributed by atoms with Crippen LogP contribution in [0.25, 0.3) is 0 Å². The lowest BCUT2D eigenvalue weighted by molar-refractivity contribution is -0.275. The fourth-order valence-electron chi connectivity index (χ4n) is 4.91. The molecular formula is C25H25F5N2O6. The highest BCUT2D eigenvalue weighted by molar-refractivity contribution is 5.79. The molecule has 8 nitrogen and oxygen atoms in total. The molecule has 206 valence electrons. The van der Waals surface area contributed by atoms with Gasteiger partial charge in [-0.25, -0.2) is 8.78 Å². The van der Waals surface area contributed by atoms with Crippen molar-refractivity contribution in [2.75, 3.05) is 13.2 Å². The molecule has 0 heterocycles. The Morgan fingerprint density at radius 1 is 0.895 bits per heavy atom. The van der Waals surface area contributed by atoms with Crippen LogP contribution in [0.1, 0.15) is 32.1 Å². The second-order valence-corrected chi connectivity index (χ2v) is 9.42. The van der Waals surface area contributed by atoms with Gasteiger partial charge < -0.3 is 30.0 Å². The van der Waals surface area contributed by atoms with Crippen molar-refractivity contribution in [3.63, 3.8) is 0 Å². The van der Waals surface area contributed by atoms with E-state index in [1.807, 2.05) is 0 Å². The summed E-state index contributed by atoms with van der Waals surface area (Å²) in [7, 11) is 0. The van der Waals surface area contributed by atoms with E-state index in [0.717, 1.165) is 12.1 Å². The number of alkyl halides is 3. The maximum atomic E-state index is 13.8. The topological polar surface area (TPSA) is 106 Å². The van der Waals surface area contributed by atoms with Crippen molar-refractivity contribution in [1.29, 1.82) is 0 Å². The van der Waals surface area contributed by atoms with Gasteiger partial charge in [-0.2, -0.15) is 0 Å². The highest BCUT2D eigenvalue weighted by atomic mass is 19.4. The van der Waals surface area contributed by atoms with Crippen molar-refractivity contribution in [1.82, 2.24) is 10.6 Å². The van der Waals surface area contributed by atoms with E-state index in [1.165, 1.54) is 24.3 Å². The zero-order valence-electron chi connectivity index (χ0n) is 19.9. The molecule has 5 rings (SSSR count). The molecule has 0 radical (unpaired) electrons. The first-order chi connectivity index (χ1) is 17.9. The van der Waals surface area contributed by atoms with E-state index < -0.39 is 59.3 Å². The average molecular weight is 544 g/mol. The van der Waals surface area contributed by atoms with Gasteiger partial charge in [0.1, 0.15) is 17.3 Å². The van der Waals surface area contributed by atoms with Crippen molar-refractivity contribution >= 4 is 11.8 Å². The number of carbonyl (C=O) groups excluding carboxylic acids is 2. The molecule has 2 aromatic carbocycles. The molecule has 0 aliphatic heterocycles. The summed E-state index contributed by atoms with van der Waals surface area (Å²) in [4.78, 5) is 25.0. The number of hydrogen-bond donors (Lipinski definition) is 3. The second-order valence-electron chi connectivity index (χ2n) is 9.42. The number of halogens is 5. The minimum atomic E-state index is -5.05. The zero-order chi connectivity index (χ0) is 27.6. The lowest BCUT2D eigenvalue weighted by atomic mass is 9.60. The predicted molar refractivity (Wildman–Crippen MR) is 121 cm³/mol. The molecule has 1 atom stereocenters. The van der Waals surface area contributed by atoms with Crippen molar-refractivity contribution in [3.8, 4) is 17.2 Å². The van der Waals surface area contributed by atoms with E-state index in [0.29, 0.717) is 37.5 Å². The minimum Gasteiger partial charge on any atom is -0.484 e. The molecule has 3 aliphatic rings. The van der Waals surface area contributed by atoms with Crippen molar-refractivity contribution in [3.05, 3.63) is 54.1 Å². The first-order valence-electron chi connectivity index (χ1n) is 11.7. The van der Waals surface area contributed by atoms with Crippen LogP contribution in [0.3, 0.4) is 0 Å². The molecule has 13 heteroatoms. The van der Waals surface area contributed by atoms with Crippen LogP contribution in [0, 0.1) is 11.6 Å². The SMILES string of the molecule is O=C(COc1ccc(OC(F)(F)F)c(F)c1)NC12CCC(NC(=O)COc3ccc(F)cc3)(CC1)[C@@H](O)C2. The fraction of sp³-hybridized carbons (Fsp3) is 0.440. The average Bonchev–Trinajstić information content (AvgIpc) is 2.84. The first kappa shape index (κ1) is 27.4. The van der Waals surface area contributed by atoms with Gasteiger partial charge in [-0.15, -0.1) is 13.2 Å². The highest BCUT2D eigenvalue weighted by Gasteiger charge is 2.55. The number of rotatable bonds is 9. The van der Waals surface area contributed by atoms with Crippen LogP contribution in [-0.4, -0.2) is 53.7 Å². The second kappa shape index (κ2) is 10.6.